The predicted octanol–water partition coefficient (Wildman–Crippen LogP) is 25.0. The van der Waals surface area contributed by atoms with Gasteiger partial charge in [0.15, 0.2) is 27.1 Å². The molecule has 0 amide bonds. The molecule has 5 aromatic heterocycles. The number of aromatic nitrogens is 5. The normalized spacial score (nSPS) is 13.8. The van der Waals surface area contributed by atoms with Gasteiger partial charge < -0.3 is 63.1 Å². The van der Waals surface area contributed by atoms with Crippen LogP contribution in [-0.4, -0.2) is 117 Å². The Morgan fingerprint density at radius 1 is 0.346 bits per heavy atom. The number of carboxylic acid groups (broad SMARTS) is 5. The summed E-state index contributed by atoms with van der Waals surface area (Å²) in [4.78, 5) is 130. The molecule has 0 spiro atoms. The van der Waals surface area contributed by atoms with Crippen molar-refractivity contribution in [1.82, 2.24) is 22.8 Å². The SMILES string of the molecule is CC(C)c1cc2c(cc1-c1ccccc1)c(=O)c1ccc(Cl)c(Br)c1n2CC(=O)O.CC(C)c1cc2c(cc1F)c(=O)c1ccc(Cl)c(Br)c1n2CC(=O)O.C[C@H]1CCCN1c1ccc2c(=O)c3ccc(Cl)c(Br)c3n(CC(=O)O)c2c1.O=C(O)Cn1c2cc(N3CCCC3)ccc2c(=O)c2ccc(Cl)c(Br)c21.O=C(O)Cn1c2cc(N3CCCCC3)ccc2c(=O)c2ccc(Cl)c(Br)c21.S. The number of halogens is 11. The summed E-state index contributed by atoms with van der Waals surface area (Å²) in [5, 5.41) is 53.6. The van der Waals surface area contributed by atoms with Crippen LogP contribution in [0.1, 0.15) is 103 Å². The molecule has 0 aliphatic carbocycles. The number of benzene rings is 11. The highest BCUT2D eigenvalue weighted by molar-refractivity contribution is 9.11. The Kier molecular flexibility index (Phi) is 31.8. The van der Waals surface area contributed by atoms with Gasteiger partial charge in [-0.05, 0) is 305 Å². The van der Waals surface area contributed by atoms with Gasteiger partial charge >= 0.3 is 29.8 Å². The summed E-state index contributed by atoms with van der Waals surface area (Å²) in [7, 11) is 0. The number of nitrogens with zero attached hydrogens (tertiary/aromatic N) is 8. The third-order valence-corrected chi connectivity index (χ3v) is 31.4. The second-order valence-electron chi connectivity index (χ2n) is 33.9. The number of piperidine rings is 1. The zero-order chi connectivity index (χ0) is 96.9. The number of fused-ring (bicyclic) bond motifs is 10. The van der Waals surface area contributed by atoms with Crippen molar-refractivity contribution in [2.45, 2.75) is 130 Å². The molecule has 16 aromatic rings. The molecule has 0 unspecified atom stereocenters. The highest BCUT2D eigenvalue weighted by atomic mass is 79.9. The first-order chi connectivity index (χ1) is 64.3. The zero-order valence-electron chi connectivity index (χ0n) is 73.5. The summed E-state index contributed by atoms with van der Waals surface area (Å²) in [6.45, 7) is 13.4. The van der Waals surface area contributed by atoms with Crippen LogP contribution in [0.3, 0.4) is 0 Å². The van der Waals surface area contributed by atoms with Crippen molar-refractivity contribution >= 4 is 307 Å². The van der Waals surface area contributed by atoms with Crippen molar-refractivity contribution in [2.24, 2.45) is 0 Å². The first-order valence-corrected chi connectivity index (χ1v) is 49.0. The number of hydrogen-bond donors (Lipinski definition) is 5. The molecule has 3 aliphatic rings. The van der Waals surface area contributed by atoms with E-state index in [1.54, 1.807) is 91.1 Å². The quantitative estimate of drug-likeness (QED) is 0.0561. The average molecular weight is 2280 g/mol. The predicted molar refractivity (Wildman–Crippen MR) is 568 cm³/mol. The van der Waals surface area contributed by atoms with E-state index < -0.39 is 35.7 Å². The number of carbonyl (C=O) groups is 5. The van der Waals surface area contributed by atoms with Crippen molar-refractivity contribution in [3.05, 3.63) is 285 Å². The molecular formula is C101H87Br5Cl5FN8O15S. The number of anilines is 3. The van der Waals surface area contributed by atoms with Gasteiger partial charge in [-0.1, -0.05) is 116 Å². The Bertz CT molecular complexity index is 7970. The van der Waals surface area contributed by atoms with Crippen LogP contribution in [0.25, 0.3) is 120 Å². The minimum Gasteiger partial charge on any atom is -0.480 e. The molecule has 19 rings (SSSR count). The first-order valence-electron chi connectivity index (χ1n) is 43.2. The monoisotopic (exact) mass is 2270 g/mol. The molecular weight excluding hydrogens is 2190 g/mol. The topological polar surface area (TPSA) is 306 Å². The Hall–Kier alpha value is -10.4. The fourth-order valence-electron chi connectivity index (χ4n) is 18.4. The van der Waals surface area contributed by atoms with Crippen molar-refractivity contribution in [2.75, 3.05) is 47.4 Å². The number of carboxylic acids is 5. The van der Waals surface area contributed by atoms with Crippen LogP contribution in [-0.2, 0) is 56.7 Å². The Balaban J connectivity index is 0.000000136. The van der Waals surface area contributed by atoms with Gasteiger partial charge in [-0.2, -0.15) is 13.5 Å². The molecule has 3 fully saturated rings. The molecule has 0 bridgehead atoms. The van der Waals surface area contributed by atoms with E-state index in [0.29, 0.717) is 157 Å². The van der Waals surface area contributed by atoms with Crippen molar-refractivity contribution in [3.63, 3.8) is 0 Å². The van der Waals surface area contributed by atoms with Gasteiger partial charge in [0, 0.05) is 110 Å². The summed E-state index contributed by atoms with van der Waals surface area (Å²) in [5.74, 6) is -5.42. The fraction of sp³-hybridized carbons (Fsp3) is 0.248. The van der Waals surface area contributed by atoms with Crippen LogP contribution in [0.5, 0.6) is 0 Å². The minimum atomic E-state index is -1.08. The molecule has 5 N–H and O–H groups in total. The van der Waals surface area contributed by atoms with E-state index in [4.69, 9.17) is 58.0 Å². The Morgan fingerprint density at radius 2 is 0.625 bits per heavy atom. The molecule has 35 heteroatoms. The van der Waals surface area contributed by atoms with E-state index in [2.05, 4.69) is 115 Å². The van der Waals surface area contributed by atoms with Gasteiger partial charge in [0.25, 0.3) is 0 Å². The average Bonchev–Trinajstić information content (AvgIpc) is 0.783. The highest BCUT2D eigenvalue weighted by Crippen LogP contribution is 2.43. The molecule has 136 heavy (non-hydrogen) atoms. The van der Waals surface area contributed by atoms with Crippen molar-refractivity contribution in [3.8, 4) is 11.1 Å². The van der Waals surface area contributed by atoms with Gasteiger partial charge in [-0.3, -0.25) is 47.9 Å². The number of aliphatic carboxylic acids is 5. The standard InChI is InChI=1S/C24H19BrClNO3.2C20H18BrClN2O3.C19H16BrClN2O3.C18H14BrClFNO3.H2S/c1-13(2)16-11-20-18(10-17(16)14-6-4-3-5-7-14)24(30)15-8-9-19(26)22(25)23(15)27(20)12-21(28)29;1-11-3-2-8-23(11)12-4-5-13-16(9-12)24(10-17(25)26)19-14(20(13)27)6-7-15(22)18(19)21;21-18-15(22)7-6-14-19(18)24(11-17(25)26)16-10-12(4-5-13(16)20(14)27)23-8-2-1-3-9-23;20-17-14(21)6-5-13-18(17)23(10-16(24)25)15-9-11(22-7-1-2-8-22)3-4-12(15)19(13)26;1-8(2)10-6-14-11(5-13(10)21)18(25)9-3-4-12(20)16(19)17(9)22(14)7-15(23)24;/h3-11,13H,12H2,1-2H3,(H,28,29);4-7,9,11H,2-3,8,10H2,1H3,(H,25,26);4-7,10H,1-3,8-9,11H2,(H,25,26);3-6,9H,1-2,7-8,10H2,(H,24,25);3-6,8H,7H2,1-2H3,(H,23,24);1H2/t;11-;;;;/m.0..../s1. The van der Waals surface area contributed by atoms with E-state index in [9.17, 15) is 77.9 Å². The fourth-order valence-corrected chi connectivity index (χ4v) is 21.9. The van der Waals surface area contributed by atoms with Crippen molar-refractivity contribution in [1.29, 1.82) is 0 Å². The van der Waals surface area contributed by atoms with Crippen molar-refractivity contribution < 1.29 is 53.9 Å². The van der Waals surface area contributed by atoms with Gasteiger partial charge in [-0.15, -0.1) is 0 Å². The summed E-state index contributed by atoms with van der Waals surface area (Å²) in [5.41, 5.74) is 10.8. The molecule has 11 aromatic carbocycles. The van der Waals surface area contributed by atoms with E-state index in [1.807, 2.05) is 98.8 Å². The summed E-state index contributed by atoms with van der Waals surface area (Å²) in [6.07, 6.45) is 8.03. The zero-order valence-corrected chi connectivity index (χ0v) is 86.2. The second kappa shape index (κ2) is 42.5. The maximum absolute atomic E-state index is 14.4. The molecule has 3 saturated heterocycles. The van der Waals surface area contributed by atoms with Gasteiger partial charge in [0.2, 0.25) is 0 Å². The third kappa shape index (κ3) is 20.3. The van der Waals surface area contributed by atoms with Crippen LogP contribution >= 0.6 is 151 Å². The lowest BCUT2D eigenvalue weighted by molar-refractivity contribution is -0.138. The molecule has 23 nitrogen and oxygen atoms in total. The van der Waals surface area contributed by atoms with Gasteiger partial charge in [-0.25, -0.2) is 4.39 Å². The molecule has 0 radical (unpaired) electrons. The van der Waals surface area contributed by atoms with Gasteiger partial charge in [0.05, 0.1) is 103 Å². The van der Waals surface area contributed by atoms with Gasteiger partial charge in [0.1, 0.15) is 38.5 Å². The first kappa shape index (κ1) is 102. The molecule has 704 valence electrons. The lowest BCUT2D eigenvalue weighted by Crippen LogP contribution is -2.29. The van der Waals surface area contributed by atoms with E-state index >= 15 is 0 Å². The molecule has 1 atom stereocenters. The van der Waals surface area contributed by atoms with E-state index in [-0.39, 0.29) is 96.0 Å². The van der Waals surface area contributed by atoms with Crippen LogP contribution < -0.4 is 41.8 Å². The maximum atomic E-state index is 14.4. The van der Waals surface area contributed by atoms with Crippen LogP contribution in [0.4, 0.5) is 21.5 Å². The van der Waals surface area contributed by atoms with E-state index in [0.717, 1.165) is 105 Å². The molecule has 0 saturated carbocycles. The summed E-state index contributed by atoms with van der Waals surface area (Å²) in [6, 6.07) is 50.2. The smallest absolute Gasteiger partial charge is 0.323 e. The number of pyridine rings is 5. The Labute approximate surface area is 850 Å². The molecule has 8 heterocycles. The second-order valence-corrected chi connectivity index (χ2v) is 39.9. The highest BCUT2D eigenvalue weighted by Gasteiger charge is 2.29. The Morgan fingerprint density at radius 3 is 0.934 bits per heavy atom. The number of rotatable bonds is 16. The lowest BCUT2D eigenvalue weighted by atomic mass is 9.90. The minimum absolute atomic E-state index is 0. The summed E-state index contributed by atoms with van der Waals surface area (Å²) >= 11 is 48.2. The maximum Gasteiger partial charge on any atom is 0.323 e. The third-order valence-electron chi connectivity index (χ3n) is 24.7. The van der Waals surface area contributed by atoms with Crippen LogP contribution in [0.15, 0.2) is 216 Å². The lowest BCUT2D eigenvalue weighted by Gasteiger charge is -2.29. The molecule has 3 aliphatic heterocycles. The van der Waals surface area contributed by atoms with E-state index in [1.165, 1.54) is 23.1 Å². The number of hydrogen-bond acceptors (Lipinski definition) is 13. The summed E-state index contributed by atoms with van der Waals surface area (Å²) < 4.78 is 25.1. The largest absolute Gasteiger partial charge is 0.480 e. The van der Waals surface area contributed by atoms with Crippen LogP contribution in [0.2, 0.25) is 25.1 Å². The van der Waals surface area contributed by atoms with Crippen LogP contribution in [0, 0.1) is 5.82 Å².